The molecule has 8 nitrogen and oxygen atoms in total. The fourth-order valence-corrected chi connectivity index (χ4v) is 2.38. The second-order valence-corrected chi connectivity index (χ2v) is 5.90. The molecule has 0 aliphatic carbocycles. The van der Waals surface area contributed by atoms with Crippen molar-refractivity contribution in [2.24, 2.45) is 5.92 Å². The van der Waals surface area contributed by atoms with Crippen LogP contribution in [0.1, 0.15) is 18.3 Å². The highest BCUT2D eigenvalue weighted by Crippen LogP contribution is 2.30. The Morgan fingerprint density at radius 2 is 2.12 bits per heavy atom. The molecule has 1 aliphatic heterocycles. The minimum absolute atomic E-state index is 0.0356. The molecule has 1 saturated heterocycles. The number of alkyl halides is 3. The second kappa shape index (κ2) is 7.11. The van der Waals surface area contributed by atoms with Crippen LogP contribution < -0.4 is 10.6 Å². The first-order valence-corrected chi connectivity index (χ1v) is 7.54. The smallest absolute Gasteiger partial charge is 0.354 e. The number of hydrogen-bond acceptors (Lipinski definition) is 4. The maximum absolute atomic E-state index is 12.9. The minimum Gasteiger partial charge on any atom is -0.354 e. The van der Waals surface area contributed by atoms with Crippen LogP contribution in [-0.4, -0.2) is 52.2 Å². The summed E-state index contributed by atoms with van der Waals surface area (Å²) >= 11 is 0. The topological polar surface area (TPSA) is 96.3 Å². The summed E-state index contributed by atoms with van der Waals surface area (Å²) < 4.78 is 39.6. The summed E-state index contributed by atoms with van der Waals surface area (Å²) in [4.78, 5) is 35.3. The van der Waals surface area contributed by atoms with Crippen molar-refractivity contribution in [3.05, 3.63) is 17.5 Å². The van der Waals surface area contributed by atoms with Crippen LogP contribution in [-0.2, 0) is 22.3 Å². The zero-order valence-corrected chi connectivity index (χ0v) is 13.7. The number of carbonyl (C=O) groups excluding carboxylic acids is 3. The molecule has 25 heavy (non-hydrogen) atoms. The molecule has 1 fully saturated rings. The third-order valence-electron chi connectivity index (χ3n) is 3.56. The van der Waals surface area contributed by atoms with E-state index in [1.165, 1.54) is 6.92 Å². The average Bonchev–Trinajstić information content (AvgIpc) is 3.02. The molecule has 0 spiro atoms. The highest BCUT2D eigenvalue weighted by atomic mass is 19.4. The molecule has 1 aromatic rings. The van der Waals surface area contributed by atoms with E-state index in [0.717, 1.165) is 15.6 Å². The number of halogens is 3. The van der Waals surface area contributed by atoms with E-state index in [0.29, 0.717) is 0 Å². The Morgan fingerprint density at radius 3 is 2.68 bits per heavy atom. The first-order valence-electron chi connectivity index (χ1n) is 7.54. The van der Waals surface area contributed by atoms with Gasteiger partial charge in [-0.2, -0.15) is 18.3 Å². The van der Waals surface area contributed by atoms with Crippen molar-refractivity contribution < 1.29 is 27.6 Å². The highest BCUT2D eigenvalue weighted by Gasteiger charge is 2.35. The summed E-state index contributed by atoms with van der Waals surface area (Å²) in [5.74, 6) is -1.41. The molecule has 1 aliphatic rings. The monoisotopic (exact) mass is 361 g/mol. The summed E-state index contributed by atoms with van der Waals surface area (Å²) in [6, 6.07) is 0.318. The third-order valence-corrected chi connectivity index (χ3v) is 3.56. The van der Waals surface area contributed by atoms with Gasteiger partial charge in [0.1, 0.15) is 12.2 Å². The molecule has 0 unspecified atom stereocenters. The number of imide groups is 1. The molecule has 1 atom stereocenters. The van der Waals surface area contributed by atoms with Crippen LogP contribution in [0.15, 0.2) is 6.07 Å². The van der Waals surface area contributed by atoms with E-state index in [-0.39, 0.29) is 31.2 Å². The lowest BCUT2D eigenvalue weighted by molar-refractivity contribution is -0.144. The van der Waals surface area contributed by atoms with Gasteiger partial charge in [-0.05, 0) is 18.9 Å². The maximum atomic E-state index is 12.9. The van der Waals surface area contributed by atoms with Gasteiger partial charge in [0.2, 0.25) is 5.91 Å². The number of carbonyl (C=O) groups is 3. The maximum Gasteiger partial charge on any atom is 0.433 e. The first-order chi connectivity index (χ1) is 11.6. The Kier molecular flexibility index (Phi) is 5.33. The number of rotatable bonds is 6. The van der Waals surface area contributed by atoms with Gasteiger partial charge in [0.05, 0.1) is 12.2 Å². The summed E-state index contributed by atoms with van der Waals surface area (Å²) in [6.45, 7) is 2.60. The first kappa shape index (κ1) is 18.7. The predicted octanol–water partition coefficient (Wildman–Crippen LogP) is 0.514. The van der Waals surface area contributed by atoms with E-state index in [1.807, 2.05) is 0 Å². The van der Waals surface area contributed by atoms with Gasteiger partial charge in [0, 0.05) is 13.1 Å². The van der Waals surface area contributed by atoms with E-state index in [2.05, 4.69) is 15.7 Å². The largest absolute Gasteiger partial charge is 0.433 e. The van der Waals surface area contributed by atoms with Crippen LogP contribution in [0.3, 0.4) is 0 Å². The predicted molar refractivity (Wildman–Crippen MR) is 79.3 cm³/mol. The van der Waals surface area contributed by atoms with E-state index in [4.69, 9.17) is 0 Å². The molecular weight excluding hydrogens is 343 g/mol. The molecule has 0 saturated carbocycles. The van der Waals surface area contributed by atoms with Gasteiger partial charge < -0.3 is 10.6 Å². The van der Waals surface area contributed by atoms with Crippen molar-refractivity contribution in [2.45, 2.75) is 26.6 Å². The van der Waals surface area contributed by atoms with Gasteiger partial charge in [-0.25, -0.2) is 4.79 Å². The zero-order valence-electron chi connectivity index (χ0n) is 13.7. The number of urea groups is 1. The standard InChI is InChI=1S/C14H18F3N5O3/c1-8(6-22-10(14(15,16)17)3-9(2)20-22)4-18-11(23)7-21-12(24)5-19-13(21)25/h3,8H,4-7H2,1-2H3,(H,18,23)(H,19,25)/t8-/m0/s1. The molecule has 138 valence electrons. The molecule has 0 bridgehead atoms. The van der Waals surface area contributed by atoms with Crippen molar-refractivity contribution in [3.8, 4) is 0 Å². The van der Waals surface area contributed by atoms with Crippen LogP contribution >= 0.6 is 0 Å². The molecule has 4 amide bonds. The van der Waals surface area contributed by atoms with Crippen LogP contribution in [0.25, 0.3) is 0 Å². The number of hydrogen-bond donors (Lipinski definition) is 2. The number of nitrogens with zero attached hydrogens (tertiary/aromatic N) is 3. The van der Waals surface area contributed by atoms with Crippen LogP contribution in [0, 0.1) is 12.8 Å². The number of amides is 4. The van der Waals surface area contributed by atoms with Crippen LogP contribution in [0.2, 0.25) is 0 Å². The number of aryl methyl sites for hydroxylation is 1. The van der Waals surface area contributed by atoms with Crippen molar-refractivity contribution in [2.75, 3.05) is 19.6 Å². The van der Waals surface area contributed by atoms with Crippen molar-refractivity contribution >= 4 is 17.8 Å². The summed E-state index contributed by atoms with van der Waals surface area (Å²) in [6.07, 6.45) is -4.51. The van der Waals surface area contributed by atoms with Gasteiger partial charge in [-0.15, -0.1) is 0 Å². The third kappa shape index (κ3) is 4.70. The Labute approximate surface area is 141 Å². The second-order valence-electron chi connectivity index (χ2n) is 5.90. The highest BCUT2D eigenvalue weighted by molar-refractivity contribution is 6.04. The van der Waals surface area contributed by atoms with Crippen molar-refractivity contribution in [3.63, 3.8) is 0 Å². The number of aromatic nitrogens is 2. The van der Waals surface area contributed by atoms with Gasteiger partial charge in [-0.1, -0.05) is 6.92 Å². The zero-order chi connectivity index (χ0) is 18.8. The molecular formula is C14H18F3N5O3. The fourth-order valence-electron chi connectivity index (χ4n) is 2.38. The van der Waals surface area contributed by atoms with Crippen molar-refractivity contribution in [1.82, 2.24) is 25.3 Å². The van der Waals surface area contributed by atoms with Gasteiger partial charge >= 0.3 is 12.2 Å². The SMILES string of the molecule is Cc1cc(C(F)(F)F)n(C[C@@H](C)CNC(=O)CN2C(=O)CNC2=O)n1. The normalized spacial score (nSPS) is 16.1. The van der Waals surface area contributed by atoms with Gasteiger partial charge in [-0.3, -0.25) is 19.2 Å². The summed E-state index contributed by atoms with van der Waals surface area (Å²) in [7, 11) is 0. The molecule has 2 N–H and O–H groups in total. The van der Waals surface area contributed by atoms with Gasteiger partial charge in [0.15, 0.2) is 0 Å². The van der Waals surface area contributed by atoms with Crippen LogP contribution in [0.4, 0.5) is 18.0 Å². The fraction of sp³-hybridized carbons (Fsp3) is 0.571. The quantitative estimate of drug-likeness (QED) is 0.722. The van der Waals surface area contributed by atoms with E-state index < -0.39 is 36.3 Å². The lowest BCUT2D eigenvalue weighted by Gasteiger charge is -2.17. The van der Waals surface area contributed by atoms with Gasteiger partial charge in [0.25, 0.3) is 5.91 Å². The van der Waals surface area contributed by atoms with Crippen LogP contribution in [0.5, 0.6) is 0 Å². The molecule has 11 heteroatoms. The molecule has 1 aromatic heterocycles. The van der Waals surface area contributed by atoms with E-state index in [9.17, 15) is 27.6 Å². The Hall–Kier alpha value is -2.59. The molecule has 2 rings (SSSR count). The summed E-state index contributed by atoms with van der Waals surface area (Å²) in [5, 5.41) is 8.61. The van der Waals surface area contributed by atoms with E-state index in [1.54, 1.807) is 6.92 Å². The number of nitrogens with one attached hydrogen (secondary N) is 2. The lowest BCUT2D eigenvalue weighted by Crippen LogP contribution is -2.42. The van der Waals surface area contributed by atoms with Crippen molar-refractivity contribution in [1.29, 1.82) is 0 Å². The Balaban J connectivity index is 1.87. The summed E-state index contributed by atoms with van der Waals surface area (Å²) in [5.41, 5.74) is -0.593. The lowest BCUT2D eigenvalue weighted by atomic mass is 10.2. The minimum atomic E-state index is -4.51. The molecule has 0 aromatic carbocycles. The Morgan fingerprint density at radius 1 is 1.44 bits per heavy atom. The van der Waals surface area contributed by atoms with E-state index >= 15 is 0 Å². The molecule has 2 heterocycles. The molecule has 0 radical (unpaired) electrons. The average molecular weight is 361 g/mol. The Bertz CT molecular complexity index is 670.